The van der Waals surface area contributed by atoms with Crippen LogP contribution < -0.4 is 25.4 Å². The fourth-order valence-electron chi connectivity index (χ4n) is 7.58. The van der Waals surface area contributed by atoms with Crippen LogP contribution >= 0.6 is 11.3 Å². The Labute approximate surface area is 360 Å². The molecule has 16 heteroatoms. The van der Waals surface area contributed by atoms with Gasteiger partial charge >= 0.3 is 18.2 Å². The van der Waals surface area contributed by atoms with E-state index >= 15 is 0 Å². The van der Waals surface area contributed by atoms with E-state index in [0.717, 1.165) is 33.6 Å². The molecule has 3 heterocycles. The molecule has 4 aromatic carbocycles. The van der Waals surface area contributed by atoms with Crippen molar-refractivity contribution in [3.05, 3.63) is 131 Å². The molecule has 2 unspecified atom stereocenters. The smallest absolute Gasteiger partial charge is 0.419 e. The molecular weight excluding hydrogens is 815 g/mol. The van der Waals surface area contributed by atoms with Crippen LogP contribution in [-0.4, -0.2) is 78.1 Å². The lowest BCUT2D eigenvalue weighted by Gasteiger charge is -2.25. The SMILES string of the molecule is COC(=O)c1csc(NC(=O)C(Cc2cc3ccccc3n2C(=O)OC(C)(C)C)NC(=O)C(NC(=O)OCC2c3ccccc3-c3ccccc32)c2ccc3c(c2)OCCO3)n1. The lowest BCUT2D eigenvalue weighted by Crippen LogP contribution is -2.50. The molecule has 0 bridgehead atoms. The van der Waals surface area contributed by atoms with Crippen molar-refractivity contribution in [2.75, 3.05) is 32.2 Å². The van der Waals surface area contributed by atoms with Crippen LogP contribution in [-0.2, 0) is 30.2 Å². The Hall–Kier alpha value is -7.20. The molecule has 0 fully saturated rings. The minimum Gasteiger partial charge on any atom is -0.486 e. The molecule has 0 saturated carbocycles. The number of amides is 3. The quantitative estimate of drug-likeness (QED) is 0.0872. The first-order chi connectivity index (χ1) is 29.9. The third-order valence-electron chi connectivity index (χ3n) is 10.3. The van der Waals surface area contributed by atoms with Gasteiger partial charge in [-0.1, -0.05) is 72.8 Å². The maximum Gasteiger partial charge on any atom is 0.419 e. The highest BCUT2D eigenvalue weighted by atomic mass is 32.1. The zero-order valence-corrected chi connectivity index (χ0v) is 35.1. The number of carbonyl (C=O) groups excluding carboxylic acids is 5. The molecule has 6 aromatic rings. The lowest BCUT2D eigenvalue weighted by atomic mass is 9.98. The Balaban J connectivity index is 1.11. The lowest BCUT2D eigenvalue weighted by molar-refractivity contribution is -0.128. The number of nitrogens with one attached hydrogen (secondary N) is 3. The summed E-state index contributed by atoms with van der Waals surface area (Å²) in [6.45, 7) is 5.82. The van der Waals surface area contributed by atoms with E-state index in [4.69, 9.17) is 23.7 Å². The van der Waals surface area contributed by atoms with Crippen molar-refractivity contribution in [3.8, 4) is 22.6 Å². The first-order valence-corrected chi connectivity index (χ1v) is 20.7. The van der Waals surface area contributed by atoms with E-state index in [9.17, 15) is 24.0 Å². The Kier molecular flexibility index (Phi) is 11.7. The van der Waals surface area contributed by atoms with E-state index in [1.54, 1.807) is 57.2 Å². The highest BCUT2D eigenvalue weighted by Gasteiger charge is 2.34. The second-order valence-electron chi connectivity index (χ2n) is 15.6. The van der Waals surface area contributed by atoms with Gasteiger partial charge in [-0.05, 0) is 72.9 Å². The molecule has 15 nitrogen and oxygen atoms in total. The number of alkyl carbamates (subject to hydrolysis) is 1. The molecule has 8 rings (SSSR count). The van der Waals surface area contributed by atoms with Crippen LogP contribution in [0.4, 0.5) is 14.7 Å². The Morgan fingerprint density at radius 2 is 1.52 bits per heavy atom. The van der Waals surface area contributed by atoms with Crippen molar-refractivity contribution in [2.45, 2.75) is 50.8 Å². The zero-order chi connectivity index (χ0) is 43.5. The maximum absolute atomic E-state index is 14.7. The topological polar surface area (TPSA) is 185 Å². The van der Waals surface area contributed by atoms with Gasteiger partial charge in [0, 0.05) is 28.8 Å². The number of ether oxygens (including phenoxy) is 5. The molecule has 2 aliphatic rings. The minimum atomic E-state index is -1.42. The molecule has 62 heavy (non-hydrogen) atoms. The number of esters is 1. The van der Waals surface area contributed by atoms with Gasteiger partial charge in [-0.15, -0.1) is 11.3 Å². The summed E-state index contributed by atoms with van der Waals surface area (Å²) < 4.78 is 29.3. The second-order valence-corrected chi connectivity index (χ2v) is 16.5. The fourth-order valence-corrected chi connectivity index (χ4v) is 8.26. The van der Waals surface area contributed by atoms with Gasteiger partial charge in [-0.2, -0.15) is 0 Å². The summed E-state index contributed by atoms with van der Waals surface area (Å²) >= 11 is 0.979. The summed E-state index contributed by atoms with van der Waals surface area (Å²) in [7, 11) is 1.21. The molecule has 318 valence electrons. The number of aromatic nitrogens is 2. The molecule has 3 N–H and O–H groups in total. The van der Waals surface area contributed by atoms with Gasteiger partial charge in [-0.25, -0.2) is 23.9 Å². The van der Waals surface area contributed by atoms with Gasteiger partial charge in [0.05, 0.1) is 12.6 Å². The molecule has 2 aromatic heterocycles. The number of nitrogens with zero attached hydrogens (tertiary/aromatic N) is 2. The first-order valence-electron chi connectivity index (χ1n) is 19.9. The second kappa shape index (κ2) is 17.4. The summed E-state index contributed by atoms with van der Waals surface area (Å²) in [5, 5.41) is 10.4. The Bertz CT molecular complexity index is 2660. The van der Waals surface area contributed by atoms with E-state index in [0.29, 0.717) is 40.3 Å². The van der Waals surface area contributed by atoms with Gasteiger partial charge in [0.25, 0.3) is 0 Å². The van der Waals surface area contributed by atoms with Crippen LogP contribution in [0.25, 0.3) is 22.0 Å². The number of hydrogen-bond donors (Lipinski definition) is 3. The Morgan fingerprint density at radius 3 is 2.23 bits per heavy atom. The van der Waals surface area contributed by atoms with Crippen LogP contribution in [0.1, 0.15) is 65.6 Å². The number of para-hydroxylation sites is 1. The number of carbonyl (C=O) groups is 5. The average molecular weight is 858 g/mol. The molecule has 1 aliphatic carbocycles. The van der Waals surface area contributed by atoms with Crippen molar-refractivity contribution in [1.82, 2.24) is 20.2 Å². The van der Waals surface area contributed by atoms with Crippen molar-refractivity contribution < 1.29 is 47.7 Å². The molecule has 1 aliphatic heterocycles. The van der Waals surface area contributed by atoms with Gasteiger partial charge < -0.3 is 39.6 Å². The number of rotatable bonds is 11. The number of hydrogen-bond acceptors (Lipinski definition) is 12. The van der Waals surface area contributed by atoms with E-state index in [2.05, 4.69) is 20.9 Å². The highest BCUT2D eigenvalue weighted by molar-refractivity contribution is 7.14. The third kappa shape index (κ3) is 8.81. The van der Waals surface area contributed by atoms with E-state index in [1.165, 1.54) is 17.1 Å². The van der Waals surface area contributed by atoms with Crippen molar-refractivity contribution >= 4 is 57.3 Å². The fraction of sp³-hybridized carbons (Fsp3) is 0.261. The summed E-state index contributed by atoms with van der Waals surface area (Å²) in [6.07, 6.45) is -1.79. The van der Waals surface area contributed by atoms with Crippen LogP contribution in [0.15, 0.2) is 102 Å². The monoisotopic (exact) mass is 857 g/mol. The number of thiazole rings is 1. The summed E-state index contributed by atoms with van der Waals surface area (Å²) in [6, 6.07) is 26.8. The van der Waals surface area contributed by atoms with E-state index in [1.807, 2.05) is 60.7 Å². The maximum atomic E-state index is 14.7. The van der Waals surface area contributed by atoms with E-state index < -0.39 is 47.7 Å². The number of methoxy groups -OCH3 is 1. The zero-order valence-electron chi connectivity index (χ0n) is 34.3. The standard InChI is InChI=1S/C46H43N5O10S/c1-46(2,3)61-45(56)51-28(21-26-11-5-10-16-36(26)51)23-34(40(52)50-43-48-35(25-62-43)42(54)57-4)47-41(53)39(27-17-18-37-38(22-27)59-20-19-58-37)49-44(55)60-24-33-31-14-8-6-12-29(31)30-13-7-9-15-32(30)33/h5-18,21-22,25,33-34,39H,19-20,23-24H2,1-4H3,(H,47,53)(H,49,55)(H,48,50,52). The van der Waals surface area contributed by atoms with Crippen molar-refractivity contribution in [3.63, 3.8) is 0 Å². The Morgan fingerprint density at radius 1 is 0.839 bits per heavy atom. The third-order valence-corrected chi connectivity index (χ3v) is 11.1. The number of anilines is 1. The van der Waals surface area contributed by atoms with Crippen LogP contribution in [0.2, 0.25) is 0 Å². The first kappa shape index (κ1) is 41.5. The molecular formula is C46H43N5O10S. The highest BCUT2D eigenvalue weighted by Crippen LogP contribution is 2.44. The van der Waals surface area contributed by atoms with Gasteiger partial charge in [0.15, 0.2) is 22.3 Å². The molecule has 2 atom stereocenters. The van der Waals surface area contributed by atoms with Gasteiger partial charge in [-0.3, -0.25) is 9.59 Å². The van der Waals surface area contributed by atoms with E-state index in [-0.39, 0.29) is 36.4 Å². The number of benzene rings is 4. The predicted molar refractivity (Wildman–Crippen MR) is 230 cm³/mol. The van der Waals surface area contributed by atoms with Crippen LogP contribution in [0.5, 0.6) is 11.5 Å². The van der Waals surface area contributed by atoms with Crippen molar-refractivity contribution in [1.29, 1.82) is 0 Å². The average Bonchev–Trinajstić information content (AvgIpc) is 3.97. The summed E-state index contributed by atoms with van der Waals surface area (Å²) in [5.74, 6) is -1.64. The largest absolute Gasteiger partial charge is 0.486 e. The minimum absolute atomic E-state index is 0.0169. The van der Waals surface area contributed by atoms with Gasteiger partial charge in [0.1, 0.15) is 37.5 Å². The molecule has 0 saturated heterocycles. The van der Waals surface area contributed by atoms with Crippen molar-refractivity contribution in [2.24, 2.45) is 0 Å². The molecule has 3 amide bonds. The number of fused-ring (bicyclic) bond motifs is 5. The molecule has 0 radical (unpaired) electrons. The van der Waals surface area contributed by atoms with Gasteiger partial charge in [0.2, 0.25) is 11.8 Å². The molecule has 0 spiro atoms. The normalized spacial score (nSPS) is 13.9. The summed E-state index contributed by atoms with van der Waals surface area (Å²) in [4.78, 5) is 72.9. The van der Waals surface area contributed by atoms with Crippen LogP contribution in [0, 0.1) is 0 Å². The summed E-state index contributed by atoms with van der Waals surface area (Å²) in [5.41, 5.74) is 4.44. The van der Waals surface area contributed by atoms with Crippen LogP contribution in [0.3, 0.4) is 0 Å². The predicted octanol–water partition coefficient (Wildman–Crippen LogP) is 7.38.